The Labute approximate surface area is 129 Å². The highest BCUT2D eigenvalue weighted by atomic mass is 79.9. The maximum atomic E-state index is 13.5. The lowest BCUT2D eigenvalue weighted by Gasteiger charge is -2.09. The Kier molecular flexibility index (Phi) is 4.49. The lowest BCUT2D eigenvalue weighted by Crippen LogP contribution is -2.14. The van der Waals surface area contributed by atoms with Crippen LogP contribution >= 0.6 is 31.9 Å². The molecule has 0 aromatic heterocycles. The predicted molar refractivity (Wildman–Crippen MR) is 76.1 cm³/mol. The van der Waals surface area contributed by atoms with E-state index in [0.29, 0.717) is 6.07 Å². The third-order valence-corrected chi connectivity index (χ3v) is 3.70. The van der Waals surface area contributed by atoms with E-state index in [1.165, 1.54) is 6.07 Å². The van der Waals surface area contributed by atoms with E-state index in [0.717, 1.165) is 18.2 Å². The van der Waals surface area contributed by atoms with Gasteiger partial charge in [-0.15, -0.1) is 0 Å². The summed E-state index contributed by atoms with van der Waals surface area (Å²) in [6.07, 6.45) is 0. The fraction of sp³-hybridized carbons (Fsp3) is 0. The van der Waals surface area contributed by atoms with Crippen LogP contribution in [0.25, 0.3) is 0 Å². The molecule has 0 saturated carbocycles. The second-order valence-electron chi connectivity index (χ2n) is 3.82. The summed E-state index contributed by atoms with van der Waals surface area (Å²) in [5, 5.41) is 2.29. The molecule has 0 aliphatic rings. The molecule has 104 valence electrons. The third-order valence-electron chi connectivity index (χ3n) is 2.43. The number of carbonyl (C=O) groups excluding carboxylic acids is 1. The molecule has 1 amide bonds. The van der Waals surface area contributed by atoms with Crippen LogP contribution in [0.5, 0.6) is 0 Å². The van der Waals surface area contributed by atoms with Gasteiger partial charge in [-0.05, 0) is 56.1 Å². The average molecular weight is 409 g/mol. The molecule has 0 atom stereocenters. The maximum absolute atomic E-state index is 13.5. The van der Waals surface area contributed by atoms with Gasteiger partial charge in [0.2, 0.25) is 0 Å². The summed E-state index contributed by atoms with van der Waals surface area (Å²) in [5.74, 6) is -2.83. The highest BCUT2D eigenvalue weighted by Gasteiger charge is 2.15. The van der Waals surface area contributed by atoms with Crippen LogP contribution < -0.4 is 5.32 Å². The molecular formula is C13H6Br2F3NO. The predicted octanol–water partition coefficient (Wildman–Crippen LogP) is 4.88. The molecule has 7 heteroatoms. The summed E-state index contributed by atoms with van der Waals surface area (Å²) in [7, 11) is 0. The van der Waals surface area contributed by atoms with Gasteiger partial charge in [0.05, 0.1) is 15.7 Å². The van der Waals surface area contributed by atoms with Crippen molar-refractivity contribution < 1.29 is 18.0 Å². The lowest BCUT2D eigenvalue weighted by atomic mass is 10.2. The van der Waals surface area contributed by atoms with E-state index in [4.69, 9.17) is 0 Å². The Bertz CT molecular complexity index is 692. The second kappa shape index (κ2) is 5.97. The van der Waals surface area contributed by atoms with Crippen LogP contribution in [0.1, 0.15) is 10.4 Å². The smallest absolute Gasteiger partial charge is 0.256 e. The van der Waals surface area contributed by atoms with E-state index in [-0.39, 0.29) is 20.2 Å². The molecule has 0 saturated heterocycles. The first-order chi connectivity index (χ1) is 9.38. The zero-order valence-corrected chi connectivity index (χ0v) is 12.9. The number of hydrogen-bond acceptors (Lipinski definition) is 1. The summed E-state index contributed by atoms with van der Waals surface area (Å²) >= 11 is 5.94. The van der Waals surface area contributed by atoms with Gasteiger partial charge in [-0.1, -0.05) is 0 Å². The van der Waals surface area contributed by atoms with Crippen molar-refractivity contribution in [2.24, 2.45) is 0 Å². The molecule has 0 unspecified atom stereocenters. The van der Waals surface area contributed by atoms with E-state index in [1.807, 2.05) is 0 Å². The fourth-order valence-corrected chi connectivity index (χ4v) is 2.36. The largest absolute Gasteiger partial charge is 0.319 e. The van der Waals surface area contributed by atoms with Crippen LogP contribution in [-0.2, 0) is 0 Å². The van der Waals surface area contributed by atoms with Gasteiger partial charge < -0.3 is 5.32 Å². The minimum Gasteiger partial charge on any atom is -0.319 e. The molecule has 2 nitrogen and oxygen atoms in total. The fourth-order valence-electron chi connectivity index (χ4n) is 1.48. The van der Waals surface area contributed by atoms with E-state index in [9.17, 15) is 18.0 Å². The maximum Gasteiger partial charge on any atom is 0.256 e. The van der Waals surface area contributed by atoms with E-state index in [2.05, 4.69) is 37.2 Å². The second-order valence-corrected chi connectivity index (χ2v) is 5.53. The summed E-state index contributed by atoms with van der Waals surface area (Å²) < 4.78 is 39.8. The first kappa shape index (κ1) is 15.1. The first-order valence-corrected chi connectivity index (χ1v) is 6.88. The van der Waals surface area contributed by atoms with Crippen molar-refractivity contribution in [3.8, 4) is 0 Å². The molecule has 0 aliphatic carbocycles. The van der Waals surface area contributed by atoms with Crippen LogP contribution in [0.15, 0.2) is 39.3 Å². The van der Waals surface area contributed by atoms with Crippen LogP contribution in [0.2, 0.25) is 0 Å². The molecule has 2 aromatic rings. The lowest BCUT2D eigenvalue weighted by molar-refractivity contribution is 0.102. The van der Waals surface area contributed by atoms with Gasteiger partial charge in [0.25, 0.3) is 5.91 Å². The van der Waals surface area contributed by atoms with Crippen molar-refractivity contribution in [3.63, 3.8) is 0 Å². The molecule has 0 heterocycles. The van der Waals surface area contributed by atoms with Crippen molar-refractivity contribution in [1.82, 2.24) is 0 Å². The van der Waals surface area contributed by atoms with Crippen LogP contribution in [0, 0.1) is 17.5 Å². The molecular weight excluding hydrogens is 403 g/mol. The molecule has 2 aromatic carbocycles. The Morgan fingerprint density at radius 1 is 0.950 bits per heavy atom. The van der Waals surface area contributed by atoms with E-state index in [1.54, 1.807) is 0 Å². The number of halogens is 5. The molecule has 0 aliphatic heterocycles. The Morgan fingerprint density at radius 3 is 2.30 bits per heavy atom. The van der Waals surface area contributed by atoms with Crippen molar-refractivity contribution >= 4 is 43.5 Å². The number of benzene rings is 2. The SMILES string of the molecule is O=C(Nc1cc(Br)c(F)cc1F)c1ccc(F)cc1Br. The summed E-state index contributed by atoms with van der Waals surface area (Å²) in [6, 6.07) is 5.24. The van der Waals surface area contributed by atoms with Crippen LogP contribution in [0.3, 0.4) is 0 Å². The number of amides is 1. The quantitative estimate of drug-likeness (QED) is 0.705. The van der Waals surface area contributed by atoms with Gasteiger partial charge in [-0.2, -0.15) is 0 Å². The Hall–Kier alpha value is -1.34. The molecule has 0 radical (unpaired) electrons. The summed E-state index contributed by atoms with van der Waals surface area (Å²) in [4.78, 5) is 12.0. The van der Waals surface area contributed by atoms with E-state index >= 15 is 0 Å². The van der Waals surface area contributed by atoms with Gasteiger partial charge >= 0.3 is 0 Å². The van der Waals surface area contributed by atoms with Crippen molar-refractivity contribution in [1.29, 1.82) is 0 Å². The Balaban J connectivity index is 2.30. The molecule has 0 bridgehead atoms. The van der Waals surface area contributed by atoms with Gasteiger partial charge in [-0.3, -0.25) is 4.79 Å². The Morgan fingerprint density at radius 2 is 1.65 bits per heavy atom. The molecule has 0 spiro atoms. The van der Waals surface area contributed by atoms with E-state index < -0.39 is 23.4 Å². The van der Waals surface area contributed by atoms with Gasteiger partial charge in [0.15, 0.2) is 0 Å². The standard InChI is InChI=1S/C13H6Br2F3NO/c14-8-3-6(16)1-2-7(8)13(20)19-12-4-9(15)10(17)5-11(12)18/h1-5H,(H,19,20). The zero-order chi connectivity index (χ0) is 14.9. The van der Waals surface area contributed by atoms with Crippen LogP contribution in [0.4, 0.5) is 18.9 Å². The number of carbonyl (C=O) groups is 1. The number of anilines is 1. The molecule has 1 N–H and O–H groups in total. The third kappa shape index (κ3) is 3.21. The highest BCUT2D eigenvalue weighted by molar-refractivity contribution is 9.10. The average Bonchev–Trinajstić information content (AvgIpc) is 2.35. The molecule has 0 fully saturated rings. The monoisotopic (exact) mass is 407 g/mol. The minimum atomic E-state index is -0.905. The van der Waals surface area contributed by atoms with Crippen molar-refractivity contribution in [2.75, 3.05) is 5.32 Å². The van der Waals surface area contributed by atoms with Crippen LogP contribution in [-0.4, -0.2) is 5.91 Å². The molecule has 2 rings (SSSR count). The molecule has 20 heavy (non-hydrogen) atoms. The van der Waals surface area contributed by atoms with Crippen molar-refractivity contribution in [2.45, 2.75) is 0 Å². The van der Waals surface area contributed by atoms with Gasteiger partial charge in [-0.25, -0.2) is 13.2 Å². The minimum absolute atomic E-state index is 0.0207. The van der Waals surface area contributed by atoms with Gasteiger partial charge in [0.1, 0.15) is 17.5 Å². The number of rotatable bonds is 2. The number of hydrogen-bond donors (Lipinski definition) is 1. The normalized spacial score (nSPS) is 10.4. The number of nitrogens with one attached hydrogen (secondary N) is 1. The zero-order valence-electron chi connectivity index (χ0n) is 9.68. The van der Waals surface area contributed by atoms with Crippen molar-refractivity contribution in [3.05, 3.63) is 62.3 Å². The topological polar surface area (TPSA) is 29.1 Å². The summed E-state index contributed by atoms with van der Waals surface area (Å²) in [6.45, 7) is 0. The van der Waals surface area contributed by atoms with Gasteiger partial charge in [0, 0.05) is 10.5 Å². The highest BCUT2D eigenvalue weighted by Crippen LogP contribution is 2.25. The first-order valence-electron chi connectivity index (χ1n) is 5.29. The summed E-state index contributed by atoms with van der Waals surface area (Å²) in [5.41, 5.74) is -0.0502.